The standard InChI is InChI=1S/C23H29N4O7P/c1-14(2)27(15(3)4)35(33-10-5-6-24)34-11-8-26-22(31)18-12-16-17(13-19(18)23(26)32)21(30)25(7-9-28)20(16)29/h12-15,28H,5,7-11H2,1-4H3. The highest BCUT2D eigenvalue weighted by atomic mass is 31.2. The summed E-state index contributed by atoms with van der Waals surface area (Å²) in [5.74, 6) is 0. The van der Waals surface area contributed by atoms with Crippen LogP contribution < -0.4 is 22.2 Å². The van der Waals surface area contributed by atoms with E-state index in [1.54, 1.807) is 0 Å². The fourth-order valence-corrected chi connectivity index (χ4v) is 5.68. The van der Waals surface area contributed by atoms with Gasteiger partial charge in [-0.1, -0.05) is 0 Å². The van der Waals surface area contributed by atoms with Gasteiger partial charge in [0.05, 0.1) is 66.9 Å². The summed E-state index contributed by atoms with van der Waals surface area (Å²) in [5.41, 5.74) is -2.36. The number of hydrogen-bond donors (Lipinski definition) is 1. The van der Waals surface area contributed by atoms with Gasteiger partial charge in [-0.05, 0) is 39.8 Å². The molecule has 3 aromatic rings. The predicted octanol–water partition coefficient (Wildman–Crippen LogP) is 1.20. The number of aliphatic hydroxyl groups is 1. The zero-order valence-corrected chi connectivity index (χ0v) is 21.1. The van der Waals surface area contributed by atoms with E-state index in [1.165, 1.54) is 12.1 Å². The smallest absolute Gasteiger partial charge is 0.261 e. The zero-order chi connectivity index (χ0) is 25.9. The first-order valence-corrected chi connectivity index (χ1v) is 12.5. The zero-order valence-electron chi connectivity index (χ0n) is 20.2. The molecule has 3 rings (SSSR count). The van der Waals surface area contributed by atoms with Crippen LogP contribution in [0.2, 0.25) is 0 Å². The van der Waals surface area contributed by atoms with Crippen LogP contribution in [-0.2, 0) is 22.1 Å². The van der Waals surface area contributed by atoms with Crippen molar-refractivity contribution in [1.82, 2.24) is 13.8 Å². The molecular formula is C23H29N4O7P. The molecule has 1 unspecified atom stereocenters. The Morgan fingerprint density at radius 3 is 1.69 bits per heavy atom. The second-order valence-electron chi connectivity index (χ2n) is 8.57. The molecule has 2 aromatic heterocycles. The van der Waals surface area contributed by atoms with Crippen molar-refractivity contribution >= 4 is 30.1 Å². The van der Waals surface area contributed by atoms with E-state index in [4.69, 9.17) is 19.4 Å². The maximum Gasteiger partial charge on any atom is 0.261 e. The molecule has 1 aromatic carbocycles. The van der Waals surface area contributed by atoms with Crippen LogP contribution in [0.1, 0.15) is 34.1 Å². The molecule has 1 N–H and O–H groups in total. The second kappa shape index (κ2) is 11.3. The van der Waals surface area contributed by atoms with Crippen LogP contribution in [0.15, 0.2) is 31.3 Å². The lowest BCUT2D eigenvalue weighted by Gasteiger charge is -2.35. The lowest BCUT2D eigenvalue weighted by molar-refractivity contribution is 0.172. The summed E-state index contributed by atoms with van der Waals surface area (Å²) in [6.45, 7) is 7.63. The Morgan fingerprint density at radius 2 is 1.29 bits per heavy atom. The number of nitrogens with zero attached hydrogens (tertiary/aromatic N) is 4. The molecule has 0 aliphatic carbocycles. The molecule has 0 aliphatic rings. The van der Waals surface area contributed by atoms with Crippen LogP contribution in [0.5, 0.6) is 0 Å². The summed E-state index contributed by atoms with van der Waals surface area (Å²) in [4.78, 5) is 51.0. The molecule has 0 bridgehead atoms. The Kier molecular flexibility index (Phi) is 8.70. The Hall–Kier alpha value is -2.74. The van der Waals surface area contributed by atoms with Crippen LogP contribution in [-0.4, -0.2) is 50.8 Å². The van der Waals surface area contributed by atoms with Crippen LogP contribution in [0.3, 0.4) is 0 Å². The monoisotopic (exact) mass is 504 g/mol. The largest absolute Gasteiger partial charge is 0.395 e. The summed E-state index contributed by atoms with van der Waals surface area (Å²) in [5, 5.41) is 18.1. The van der Waals surface area contributed by atoms with Crippen molar-refractivity contribution in [2.45, 2.75) is 59.3 Å². The number of nitriles is 1. The molecule has 0 spiro atoms. The van der Waals surface area contributed by atoms with Gasteiger partial charge in [-0.2, -0.15) is 5.26 Å². The average molecular weight is 504 g/mol. The fourth-order valence-electron chi connectivity index (χ4n) is 4.10. The van der Waals surface area contributed by atoms with Gasteiger partial charge in [0.2, 0.25) is 0 Å². The molecule has 35 heavy (non-hydrogen) atoms. The van der Waals surface area contributed by atoms with Gasteiger partial charge in [-0.3, -0.25) is 28.3 Å². The Balaban J connectivity index is 1.90. The number of rotatable bonds is 12. The van der Waals surface area contributed by atoms with Crippen LogP contribution in [0.4, 0.5) is 0 Å². The molecule has 0 radical (unpaired) electrons. The highest BCUT2D eigenvalue weighted by Gasteiger charge is 2.27. The van der Waals surface area contributed by atoms with Crippen LogP contribution in [0, 0.1) is 11.3 Å². The average Bonchev–Trinajstić information content (AvgIpc) is 3.17. The minimum absolute atomic E-state index is 0.0154. The number of hydrogen-bond acceptors (Lipinski definition) is 9. The van der Waals surface area contributed by atoms with E-state index < -0.39 is 30.8 Å². The normalized spacial score (nSPS) is 13.0. The van der Waals surface area contributed by atoms with Gasteiger partial charge >= 0.3 is 0 Å². The summed E-state index contributed by atoms with van der Waals surface area (Å²) in [6.07, 6.45) is 0.211. The number of fused-ring (bicyclic) bond motifs is 2. The third kappa shape index (κ3) is 5.27. The SMILES string of the molecule is CC(C)N(C(C)C)P(OCCC#N)OCCn1c(=O)c2cc3c(=O)n(CCO)c(=O)c3cc2c1=O. The summed E-state index contributed by atoms with van der Waals surface area (Å²) in [6, 6.07) is 4.79. The minimum atomic E-state index is -1.53. The lowest BCUT2D eigenvalue weighted by Crippen LogP contribution is -2.34. The third-order valence-corrected chi connectivity index (χ3v) is 7.67. The molecule has 2 heterocycles. The van der Waals surface area contributed by atoms with Crippen molar-refractivity contribution in [3.63, 3.8) is 0 Å². The Labute approximate surface area is 202 Å². The van der Waals surface area contributed by atoms with Gasteiger partial charge in [-0.25, -0.2) is 4.67 Å². The van der Waals surface area contributed by atoms with E-state index in [9.17, 15) is 19.2 Å². The summed E-state index contributed by atoms with van der Waals surface area (Å²) >= 11 is 0. The Morgan fingerprint density at radius 1 is 0.857 bits per heavy atom. The van der Waals surface area contributed by atoms with E-state index in [2.05, 4.69) is 0 Å². The number of aromatic nitrogens is 2. The van der Waals surface area contributed by atoms with E-state index in [-0.39, 0.29) is 73.0 Å². The fraction of sp³-hybridized carbons (Fsp3) is 0.522. The molecule has 12 heteroatoms. The maximum absolute atomic E-state index is 13.0. The molecule has 0 saturated carbocycles. The minimum Gasteiger partial charge on any atom is -0.395 e. The topological polar surface area (TPSA) is 144 Å². The van der Waals surface area contributed by atoms with Gasteiger partial charge in [0, 0.05) is 12.1 Å². The van der Waals surface area contributed by atoms with Crippen LogP contribution >= 0.6 is 8.53 Å². The molecule has 0 saturated heterocycles. The lowest BCUT2D eigenvalue weighted by atomic mass is 10.1. The Bertz CT molecular complexity index is 1360. The van der Waals surface area contributed by atoms with E-state index in [1.807, 2.05) is 38.4 Å². The van der Waals surface area contributed by atoms with E-state index >= 15 is 0 Å². The van der Waals surface area contributed by atoms with Gasteiger partial charge in [-0.15, -0.1) is 0 Å². The number of aliphatic hydroxyl groups excluding tert-OH is 1. The first kappa shape index (κ1) is 26.9. The van der Waals surface area contributed by atoms with Crippen molar-refractivity contribution in [2.75, 3.05) is 19.8 Å². The molecule has 188 valence electrons. The van der Waals surface area contributed by atoms with Gasteiger partial charge in [0.25, 0.3) is 30.8 Å². The van der Waals surface area contributed by atoms with Crippen molar-refractivity contribution < 1.29 is 14.2 Å². The highest BCUT2D eigenvalue weighted by Crippen LogP contribution is 2.45. The predicted molar refractivity (Wildman–Crippen MR) is 133 cm³/mol. The number of benzene rings is 1. The van der Waals surface area contributed by atoms with Crippen molar-refractivity contribution in [3.05, 3.63) is 53.5 Å². The van der Waals surface area contributed by atoms with E-state index in [0.717, 1.165) is 9.13 Å². The highest BCUT2D eigenvalue weighted by molar-refractivity contribution is 7.44. The maximum atomic E-state index is 13.0. The van der Waals surface area contributed by atoms with Crippen molar-refractivity contribution in [1.29, 1.82) is 5.26 Å². The molecular weight excluding hydrogens is 475 g/mol. The molecule has 11 nitrogen and oxygen atoms in total. The van der Waals surface area contributed by atoms with Crippen molar-refractivity contribution in [2.24, 2.45) is 0 Å². The van der Waals surface area contributed by atoms with Gasteiger partial charge < -0.3 is 14.2 Å². The summed E-state index contributed by atoms with van der Waals surface area (Å²) in [7, 11) is -1.53. The summed E-state index contributed by atoms with van der Waals surface area (Å²) < 4.78 is 15.7. The first-order chi connectivity index (χ1) is 16.6. The van der Waals surface area contributed by atoms with Crippen LogP contribution in [0.25, 0.3) is 21.5 Å². The molecule has 0 aliphatic heterocycles. The molecule has 0 amide bonds. The molecule has 1 atom stereocenters. The second-order valence-corrected chi connectivity index (χ2v) is 10.0. The van der Waals surface area contributed by atoms with Gasteiger partial charge in [0.1, 0.15) is 0 Å². The first-order valence-electron chi connectivity index (χ1n) is 11.4. The van der Waals surface area contributed by atoms with Gasteiger partial charge in [0.15, 0.2) is 0 Å². The van der Waals surface area contributed by atoms with Crippen molar-refractivity contribution in [3.8, 4) is 6.07 Å². The third-order valence-electron chi connectivity index (χ3n) is 5.56. The van der Waals surface area contributed by atoms with E-state index in [0.29, 0.717) is 0 Å². The quantitative estimate of drug-likeness (QED) is 0.284. The molecule has 0 fully saturated rings.